The summed E-state index contributed by atoms with van der Waals surface area (Å²) >= 11 is 0. The summed E-state index contributed by atoms with van der Waals surface area (Å²) in [6, 6.07) is 13.5. The molecule has 1 aliphatic carbocycles. The minimum atomic E-state index is -0.106. The van der Waals surface area contributed by atoms with Crippen molar-refractivity contribution in [3.8, 4) is 11.1 Å². The standard InChI is InChI=1S/C16H13F/c1-2-6-13-11-7-3-4-8-12(11)14-9-5-10-15(17)16(13)14/h2-5,7-10,13H,1,6H2. The number of halogens is 1. The van der Waals surface area contributed by atoms with Crippen LogP contribution in [0.1, 0.15) is 23.5 Å². The second kappa shape index (κ2) is 3.85. The van der Waals surface area contributed by atoms with Gasteiger partial charge in [-0.15, -0.1) is 6.58 Å². The first-order valence-corrected chi connectivity index (χ1v) is 5.81. The van der Waals surface area contributed by atoms with Gasteiger partial charge >= 0.3 is 0 Å². The highest BCUT2D eigenvalue weighted by Gasteiger charge is 2.29. The molecule has 1 unspecified atom stereocenters. The van der Waals surface area contributed by atoms with Crippen molar-refractivity contribution in [3.05, 3.63) is 72.1 Å². The zero-order valence-electron chi connectivity index (χ0n) is 9.49. The largest absolute Gasteiger partial charge is 0.207 e. The van der Waals surface area contributed by atoms with Crippen molar-refractivity contribution >= 4 is 0 Å². The van der Waals surface area contributed by atoms with Gasteiger partial charge < -0.3 is 0 Å². The Kier molecular flexibility index (Phi) is 2.32. The first kappa shape index (κ1) is 10.3. The summed E-state index contributed by atoms with van der Waals surface area (Å²) in [5.74, 6) is 0.0189. The average Bonchev–Trinajstić information content (AvgIpc) is 2.67. The molecule has 1 heteroatoms. The van der Waals surface area contributed by atoms with Crippen LogP contribution in [0.5, 0.6) is 0 Å². The van der Waals surface area contributed by atoms with Gasteiger partial charge in [0.15, 0.2) is 0 Å². The highest BCUT2D eigenvalue weighted by Crippen LogP contribution is 2.47. The summed E-state index contributed by atoms with van der Waals surface area (Å²) in [6.07, 6.45) is 2.65. The minimum Gasteiger partial charge on any atom is -0.207 e. The normalized spacial score (nSPS) is 16.4. The van der Waals surface area contributed by atoms with Crippen molar-refractivity contribution in [2.75, 3.05) is 0 Å². The van der Waals surface area contributed by atoms with E-state index in [2.05, 4.69) is 18.7 Å². The lowest BCUT2D eigenvalue weighted by Gasteiger charge is -2.11. The molecule has 0 N–H and O–H groups in total. The smallest absolute Gasteiger partial charge is 0.127 e. The molecule has 84 valence electrons. The SMILES string of the molecule is C=CCC1c2ccccc2-c2cccc(F)c21. The predicted octanol–water partition coefficient (Wildman–Crippen LogP) is 4.51. The van der Waals surface area contributed by atoms with Gasteiger partial charge in [0.25, 0.3) is 0 Å². The third kappa shape index (κ3) is 1.42. The maximum atomic E-state index is 14.0. The molecule has 0 radical (unpaired) electrons. The molecule has 1 atom stereocenters. The second-order valence-corrected chi connectivity index (χ2v) is 4.37. The van der Waals surface area contributed by atoms with Crippen molar-refractivity contribution in [1.29, 1.82) is 0 Å². The number of allylic oxidation sites excluding steroid dienone is 1. The van der Waals surface area contributed by atoms with E-state index in [0.717, 1.165) is 23.1 Å². The molecule has 0 saturated carbocycles. The zero-order chi connectivity index (χ0) is 11.8. The highest BCUT2D eigenvalue weighted by molar-refractivity contribution is 5.79. The summed E-state index contributed by atoms with van der Waals surface area (Å²) in [5.41, 5.74) is 4.24. The zero-order valence-corrected chi connectivity index (χ0v) is 9.49. The molecule has 17 heavy (non-hydrogen) atoms. The van der Waals surface area contributed by atoms with E-state index in [9.17, 15) is 4.39 Å². The van der Waals surface area contributed by atoms with Crippen LogP contribution in [0, 0.1) is 5.82 Å². The molecule has 0 aromatic heterocycles. The van der Waals surface area contributed by atoms with Crippen molar-refractivity contribution in [1.82, 2.24) is 0 Å². The molecule has 3 rings (SSSR count). The molecular weight excluding hydrogens is 211 g/mol. The Labute approximate surface area is 100 Å². The average molecular weight is 224 g/mol. The van der Waals surface area contributed by atoms with Crippen LogP contribution < -0.4 is 0 Å². The number of benzene rings is 2. The van der Waals surface area contributed by atoms with Gasteiger partial charge in [0.05, 0.1) is 0 Å². The quantitative estimate of drug-likeness (QED) is 0.658. The minimum absolute atomic E-state index is 0.106. The fraction of sp³-hybridized carbons (Fsp3) is 0.125. The van der Waals surface area contributed by atoms with Gasteiger partial charge in [0.1, 0.15) is 5.82 Å². The Morgan fingerprint density at radius 3 is 2.65 bits per heavy atom. The molecule has 1 aliphatic rings. The molecule has 0 nitrogen and oxygen atoms in total. The first-order chi connectivity index (χ1) is 8.33. The maximum Gasteiger partial charge on any atom is 0.127 e. The second-order valence-electron chi connectivity index (χ2n) is 4.37. The van der Waals surface area contributed by atoms with E-state index >= 15 is 0 Å². The number of hydrogen-bond donors (Lipinski definition) is 0. The Morgan fingerprint density at radius 2 is 1.82 bits per heavy atom. The van der Waals surface area contributed by atoms with Crippen molar-refractivity contribution in [2.45, 2.75) is 12.3 Å². The summed E-state index contributed by atoms with van der Waals surface area (Å²) in [6.45, 7) is 3.78. The van der Waals surface area contributed by atoms with Crippen molar-refractivity contribution in [2.24, 2.45) is 0 Å². The van der Waals surface area contributed by atoms with Crippen LogP contribution >= 0.6 is 0 Å². The van der Waals surface area contributed by atoms with Gasteiger partial charge in [-0.25, -0.2) is 4.39 Å². The lowest BCUT2D eigenvalue weighted by atomic mass is 9.93. The third-order valence-corrected chi connectivity index (χ3v) is 3.43. The molecule has 0 aliphatic heterocycles. The van der Waals surface area contributed by atoms with E-state index < -0.39 is 0 Å². The van der Waals surface area contributed by atoms with Gasteiger partial charge in [0, 0.05) is 11.5 Å². The predicted molar refractivity (Wildman–Crippen MR) is 68.5 cm³/mol. The fourth-order valence-corrected chi connectivity index (χ4v) is 2.74. The van der Waals surface area contributed by atoms with Crippen LogP contribution in [0.2, 0.25) is 0 Å². The Hall–Kier alpha value is -1.89. The lowest BCUT2D eigenvalue weighted by molar-refractivity contribution is 0.602. The van der Waals surface area contributed by atoms with Crippen molar-refractivity contribution < 1.29 is 4.39 Å². The van der Waals surface area contributed by atoms with Crippen molar-refractivity contribution in [3.63, 3.8) is 0 Å². The Balaban J connectivity index is 2.29. The van der Waals surface area contributed by atoms with Gasteiger partial charge in [-0.1, -0.05) is 42.5 Å². The van der Waals surface area contributed by atoms with Gasteiger partial charge in [-0.3, -0.25) is 0 Å². The highest BCUT2D eigenvalue weighted by atomic mass is 19.1. The molecule has 2 aromatic carbocycles. The van der Waals surface area contributed by atoms with E-state index in [1.54, 1.807) is 12.1 Å². The molecule has 0 heterocycles. The summed E-state index contributed by atoms with van der Waals surface area (Å²) < 4.78 is 14.0. The monoisotopic (exact) mass is 224 g/mol. The topological polar surface area (TPSA) is 0 Å². The van der Waals surface area contributed by atoms with Crippen LogP contribution in [0.3, 0.4) is 0 Å². The van der Waals surface area contributed by atoms with E-state index in [4.69, 9.17) is 0 Å². The van der Waals surface area contributed by atoms with Crippen LogP contribution in [-0.4, -0.2) is 0 Å². The molecule has 0 spiro atoms. The molecule has 2 aromatic rings. The molecule has 0 bridgehead atoms. The Morgan fingerprint density at radius 1 is 1.06 bits per heavy atom. The lowest BCUT2D eigenvalue weighted by Crippen LogP contribution is -1.97. The van der Waals surface area contributed by atoms with E-state index in [1.807, 2.05) is 24.3 Å². The van der Waals surface area contributed by atoms with Crippen LogP contribution in [-0.2, 0) is 0 Å². The van der Waals surface area contributed by atoms with E-state index in [1.165, 1.54) is 5.56 Å². The van der Waals surface area contributed by atoms with Gasteiger partial charge in [-0.2, -0.15) is 0 Å². The molecular formula is C16H13F. The molecule has 0 amide bonds. The van der Waals surface area contributed by atoms with E-state index in [0.29, 0.717) is 0 Å². The van der Waals surface area contributed by atoms with Gasteiger partial charge in [-0.05, 0) is 29.2 Å². The van der Waals surface area contributed by atoms with Gasteiger partial charge in [0.2, 0.25) is 0 Å². The summed E-state index contributed by atoms with van der Waals surface area (Å²) in [4.78, 5) is 0. The third-order valence-electron chi connectivity index (χ3n) is 3.43. The maximum absolute atomic E-state index is 14.0. The van der Waals surface area contributed by atoms with Crippen LogP contribution in [0.4, 0.5) is 4.39 Å². The number of fused-ring (bicyclic) bond motifs is 3. The van der Waals surface area contributed by atoms with Crippen LogP contribution in [0.15, 0.2) is 55.1 Å². The Bertz CT molecular complexity index is 584. The summed E-state index contributed by atoms with van der Waals surface area (Å²) in [5, 5.41) is 0. The number of rotatable bonds is 2. The fourth-order valence-electron chi connectivity index (χ4n) is 2.74. The van der Waals surface area contributed by atoms with Crippen LogP contribution in [0.25, 0.3) is 11.1 Å². The number of hydrogen-bond acceptors (Lipinski definition) is 0. The molecule has 0 saturated heterocycles. The molecule has 0 fully saturated rings. The first-order valence-electron chi connectivity index (χ1n) is 5.81. The van der Waals surface area contributed by atoms with E-state index in [-0.39, 0.29) is 11.7 Å². The summed E-state index contributed by atoms with van der Waals surface area (Å²) in [7, 11) is 0.